The van der Waals surface area contributed by atoms with E-state index in [1.807, 2.05) is 10.6 Å². The first kappa shape index (κ1) is 32.2. The summed E-state index contributed by atoms with van der Waals surface area (Å²) < 4.78 is 111. The monoisotopic (exact) mass is 629 g/mol. The fourth-order valence-corrected chi connectivity index (χ4v) is 4.55. The Labute approximate surface area is 243 Å². The molecule has 44 heavy (non-hydrogen) atoms. The number of carboxylic acids is 1. The van der Waals surface area contributed by atoms with Crippen LogP contribution in [0.15, 0.2) is 48.9 Å². The molecular formula is C28H23F8N5O3. The number of imidazole rings is 1. The van der Waals surface area contributed by atoms with E-state index >= 15 is 0 Å². The zero-order chi connectivity index (χ0) is 32.6. The molecule has 8 nitrogen and oxygen atoms in total. The molecule has 0 radical (unpaired) electrons. The van der Waals surface area contributed by atoms with Crippen molar-refractivity contribution in [2.45, 2.75) is 51.1 Å². The SMILES string of the molecule is CC[C@@H](Nc1cc(F)c(C(=O)N[C@@H](Cc2ccc(-c3ncc(C)cc3C(F)(F)F)c3nccn23)C(=O)O)c(F)c1)C(F)(F)F. The smallest absolute Gasteiger partial charge is 0.418 e. The number of hydrogen-bond donors (Lipinski definition) is 3. The number of alkyl halides is 6. The third-order valence-electron chi connectivity index (χ3n) is 6.65. The highest BCUT2D eigenvalue weighted by atomic mass is 19.4. The van der Waals surface area contributed by atoms with Crippen LogP contribution in [0, 0.1) is 18.6 Å². The van der Waals surface area contributed by atoms with E-state index in [1.165, 1.54) is 49.0 Å². The van der Waals surface area contributed by atoms with Gasteiger partial charge in [0, 0.05) is 42.0 Å². The van der Waals surface area contributed by atoms with Crippen molar-refractivity contribution in [2.75, 3.05) is 5.32 Å². The molecule has 0 spiro atoms. The first-order valence-electron chi connectivity index (χ1n) is 12.9. The number of rotatable bonds is 9. The largest absolute Gasteiger partial charge is 0.480 e. The number of fused-ring (bicyclic) bond motifs is 1. The number of hydrogen-bond acceptors (Lipinski definition) is 5. The molecule has 3 N–H and O–H groups in total. The Bertz CT molecular complexity index is 1690. The van der Waals surface area contributed by atoms with Gasteiger partial charge in [0.2, 0.25) is 0 Å². The number of aliphatic carboxylic acids is 1. The summed E-state index contributed by atoms with van der Waals surface area (Å²) in [6.45, 7) is 2.65. The van der Waals surface area contributed by atoms with Crippen molar-refractivity contribution in [2.24, 2.45) is 0 Å². The van der Waals surface area contributed by atoms with E-state index < -0.39 is 83.3 Å². The number of carboxylic acid groups (broad SMARTS) is 1. The quantitative estimate of drug-likeness (QED) is 0.191. The molecule has 234 valence electrons. The summed E-state index contributed by atoms with van der Waals surface area (Å²) in [5, 5.41) is 13.7. The minimum Gasteiger partial charge on any atom is -0.480 e. The average Bonchev–Trinajstić information content (AvgIpc) is 3.40. The molecule has 1 amide bonds. The first-order valence-corrected chi connectivity index (χ1v) is 12.9. The number of benzene rings is 1. The zero-order valence-electron chi connectivity index (χ0n) is 22.8. The van der Waals surface area contributed by atoms with Gasteiger partial charge in [-0.1, -0.05) is 6.92 Å². The standard InChI is InChI=1S/C28H23F8N5O3/c1-3-21(28(34,35)36)39-14-9-18(29)22(19(30)10-14)25(42)40-20(26(43)44)11-15-4-5-16(24-37-6-7-41(15)24)23-17(27(31,32)33)8-13(2)12-38-23/h4-10,12,20-21,39H,3,11H2,1-2H3,(H,40,42)(H,43,44)/t20-,21+/m0/s1. The highest BCUT2D eigenvalue weighted by Gasteiger charge is 2.39. The lowest BCUT2D eigenvalue weighted by Crippen LogP contribution is -2.43. The van der Waals surface area contributed by atoms with Crippen LogP contribution in [-0.4, -0.2) is 49.6 Å². The van der Waals surface area contributed by atoms with Gasteiger partial charge in [-0.2, -0.15) is 26.3 Å². The summed E-state index contributed by atoms with van der Waals surface area (Å²) in [6, 6.07) is 0.500. The van der Waals surface area contributed by atoms with Crippen LogP contribution >= 0.6 is 0 Å². The number of pyridine rings is 2. The van der Waals surface area contributed by atoms with Gasteiger partial charge in [-0.25, -0.2) is 18.6 Å². The number of aromatic nitrogens is 3. The van der Waals surface area contributed by atoms with Gasteiger partial charge in [0.1, 0.15) is 34.9 Å². The van der Waals surface area contributed by atoms with E-state index in [-0.39, 0.29) is 22.5 Å². The van der Waals surface area contributed by atoms with Crippen LogP contribution in [0.5, 0.6) is 0 Å². The third kappa shape index (κ3) is 6.73. The molecule has 2 atom stereocenters. The highest BCUT2D eigenvalue weighted by molar-refractivity contribution is 5.97. The molecule has 0 aliphatic rings. The van der Waals surface area contributed by atoms with E-state index in [1.54, 1.807) is 0 Å². The number of anilines is 1. The second kappa shape index (κ2) is 12.1. The van der Waals surface area contributed by atoms with Crippen molar-refractivity contribution in [3.8, 4) is 11.3 Å². The molecule has 3 aromatic heterocycles. The number of aryl methyl sites for hydroxylation is 1. The van der Waals surface area contributed by atoms with Gasteiger partial charge in [-0.15, -0.1) is 0 Å². The molecule has 0 aliphatic carbocycles. The van der Waals surface area contributed by atoms with Crippen molar-refractivity contribution in [1.82, 2.24) is 19.7 Å². The molecule has 0 fully saturated rings. The Morgan fingerprint density at radius 3 is 2.25 bits per heavy atom. The molecule has 4 rings (SSSR count). The van der Waals surface area contributed by atoms with Gasteiger partial charge in [-0.3, -0.25) is 9.78 Å². The van der Waals surface area contributed by atoms with Gasteiger partial charge < -0.3 is 20.1 Å². The van der Waals surface area contributed by atoms with Gasteiger partial charge in [0.25, 0.3) is 5.91 Å². The van der Waals surface area contributed by atoms with Crippen molar-refractivity contribution in [1.29, 1.82) is 0 Å². The van der Waals surface area contributed by atoms with Gasteiger partial charge in [-0.05, 0) is 49.2 Å². The molecule has 4 aromatic rings. The fourth-order valence-electron chi connectivity index (χ4n) is 4.55. The Kier molecular flexibility index (Phi) is 8.83. The van der Waals surface area contributed by atoms with E-state index in [0.717, 1.165) is 6.07 Å². The van der Waals surface area contributed by atoms with Crippen molar-refractivity contribution in [3.05, 3.63) is 82.9 Å². The molecule has 1 aromatic carbocycles. The maximum atomic E-state index is 14.7. The van der Waals surface area contributed by atoms with Crippen molar-refractivity contribution < 1.29 is 49.8 Å². The zero-order valence-corrected chi connectivity index (χ0v) is 22.8. The number of nitrogens with zero attached hydrogens (tertiary/aromatic N) is 3. The normalized spacial score (nSPS) is 13.5. The highest BCUT2D eigenvalue weighted by Crippen LogP contribution is 2.38. The summed E-state index contributed by atoms with van der Waals surface area (Å²) >= 11 is 0. The predicted octanol–water partition coefficient (Wildman–Crippen LogP) is 6.18. The van der Waals surface area contributed by atoms with Crippen LogP contribution in [0.2, 0.25) is 0 Å². The fraction of sp³-hybridized carbons (Fsp3) is 0.286. The maximum Gasteiger partial charge on any atom is 0.418 e. The minimum absolute atomic E-state index is 0.00997. The second-order valence-corrected chi connectivity index (χ2v) is 9.80. The molecule has 0 saturated carbocycles. The van der Waals surface area contributed by atoms with Gasteiger partial charge >= 0.3 is 18.3 Å². The molecule has 0 saturated heterocycles. The van der Waals surface area contributed by atoms with E-state index in [4.69, 9.17) is 0 Å². The summed E-state index contributed by atoms with van der Waals surface area (Å²) in [4.78, 5) is 32.8. The predicted molar refractivity (Wildman–Crippen MR) is 141 cm³/mol. The number of carbonyl (C=O) groups is 2. The van der Waals surface area contributed by atoms with Crippen LogP contribution < -0.4 is 10.6 Å². The maximum absolute atomic E-state index is 14.7. The van der Waals surface area contributed by atoms with Crippen LogP contribution in [0.4, 0.5) is 40.8 Å². The minimum atomic E-state index is -4.75. The summed E-state index contributed by atoms with van der Waals surface area (Å²) in [6.07, 6.45) is -6.59. The van der Waals surface area contributed by atoms with Crippen LogP contribution in [0.25, 0.3) is 16.9 Å². The summed E-state index contributed by atoms with van der Waals surface area (Å²) in [7, 11) is 0. The van der Waals surface area contributed by atoms with Gasteiger partial charge in [0.05, 0.1) is 11.3 Å². The molecule has 16 heteroatoms. The average molecular weight is 630 g/mol. The van der Waals surface area contributed by atoms with Crippen LogP contribution in [0.3, 0.4) is 0 Å². The lowest BCUT2D eigenvalue weighted by atomic mass is 10.0. The Balaban J connectivity index is 1.62. The lowest BCUT2D eigenvalue weighted by molar-refractivity contribution is -0.143. The van der Waals surface area contributed by atoms with Crippen molar-refractivity contribution >= 4 is 23.2 Å². The number of halogens is 8. The van der Waals surface area contributed by atoms with E-state index in [2.05, 4.69) is 9.97 Å². The topological polar surface area (TPSA) is 109 Å². The molecule has 0 bridgehead atoms. The van der Waals surface area contributed by atoms with Crippen molar-refractivity contribution in [3.63, 3.8) is 0 Å². The second-order valence-electron chi connectivity index (χ2n) is 9.80. The molecule has 3 heterocycles. The van der Waals surface area contributed by atoms with Crippen LogP contribution in [-0.2, 0) is 17.4 Å². The summed E-state index contributed by atoms with van der Waals surface area (Å²) in [5.74, 6) is -6.21. The Morgan fingerprint density at radius 2 is 1.68 bits per heavy atom. The number of carbonyl (C=O) groups excluding carboxylic acids is 1. The Morgan fingerprint density at radius 1 is 1.02 bits per heavy atom. The first-order chi connectivity index (χ1) is 20.5. The van der Waals surface area contributed by atoms with E-state index in [0.29, 0.717) is 12.1 Å². The van der Waals surface area contributed by atoms with Gasteiger partial charge in [0.15, 0.2) is 0 Å². The van der Waals surface area contributed by atoms with E-state index in [9.17, 15) is 49.8 Å². The lowest BCUT2D eigenvalue weighted by Gasteiger charge is -2.22. The van der Waals surface area contributed by atoms with Crippen LogP contribution in [0.1, 0.15) is 40.5 Å². The molecule has 0 unspecified atom stereocenters. The molecule has 0 aliphatic heterocycles. The third-order valence-corrected chi connectivity index (χ3v) is 6.65. The number of amides is 1. The number of nitrogens with one attached hydrogen (secondary N) is 2. The summed E-state index contributed by atoms with van der Waals surface area (Å²) in [5.41, 5.74) is -2.86. The molecular weight excluding hydrogens is 606 g/mol. The Hall–Kier alpha value is -4.76.